The standard InChI is InChI=1S/C6H14N2O2S/c1-6(3-9,4-10)8-5(11)7-2/h9-10H,3-4H2,1-2H3,(H2,7,8,11). The molecule has 0 aliphatic carbocycles. The number of rotatable bonds is 3. The van der Waals surface area contributed by atoms with Crippen molar-refractivity contribution < 1.29 is 10.2 Å². The second-order valence-corrected chi connectivity index (χ2v) is 2.99. The van der Waals surface area contributed by atoms with E-state index in [4.69, 9.17) is 22.4 Å². The summed E-state index contributed by atoms with van der Waals surface area (Å²) in [4.78, 5) is 0. The lowest BCUT2D eigenvalue weighted by Gasteiger charge is -2.27. The molecule has 0 unspecified atom stereocenters. The van der Waals surface area contributed by atoms with Crippen LogP contribution in [0.1, 0.15) is 6.92 Å². The number of nitrogens with one attached hydrogen (secondary N) is 2. The maximum atomic E-state index is 8.82. The Morgan fingerprint density at radius 3 is 2.18 bits per heavy atom. The third-order valence-corrected chi connectivity index (χ3v) is 1.65. The molecule has 66 valence electrons. The average Bonchev–Trinajstić information content (AvgIpc) is 2.04. The van der Waals surface area contributed by atoms with E-state index in [1.54, 1.807) is 14.0 Å². The first-order valence-corrected chi connectivity index (χ1v) is 3.70. The molecule has 4 N–H and O–H groups in total. The van der Waals surface area contributed by atoms with Gasteiger partial charge < -0.3 is 20.8 Å². The lowest BCUT2D eigenvalue weighted by molar-refractivity contribution is 0.119. The molecule has 0 saturated carbocycles. The van der Waals surface area contributed by atoms with Gasteiger partial charge in [0.05, 0.1) is 18.8 Å². The number of hydrogen-bond donors (Lipinski definition) is 4. The Bertz CT molecular complexity index is 137. The third-order valence-electron chi connectivity index (χ3n) is 1.34. The number of aliphatic hydroxyl groups is 2. The molecule has 0 aromatic carbocycles. The normalized spacial score (nSPS) is 10.9. The lowest BCUT2D eigenvalue weighted by Crippen LogP contribution is -2.54. The zero-order chi connectivity index (χ0) is 8.91. The van der Waals surface area contributed by atoms with Crippen molar-refractivity contribution in [2.24, 2.45) is 0 Å². The molecule has 0 heterocycles. The van der Waals surface area contributed by atoms with Crippen LogP contribution in [0.4, 0.5) is 0 Å². The van der Waals surface area contributed by atoms with Gasteiger partial charge in [0.15, 0.2) is 5.11 Å². The van der Waals surface area contributed by atoms with E-state index in [0.717, 1.165) is 0 Å². The van der Waals surface area contributed by atoms with Gasteiger partial charge in [-0.3, -0.25) is 0 Å². The maximum absolute atomic E-state index is 8.82. The van der Waals surface area contributed by atoms with Crippen LogP contribution in [-0.2, 0) is 0 Å². The van der Waals surface area contributed by atoms with Gasteiger partial charge in [-0.25, -0.2) is 0 Å². The summed E-state index contributed by atoms with van der Waals surface area (Å²) in [6.07, 6.45) is 0. The van der Waals surface area contributed by atoms with E-state index >= 15 is 0 Å². The van der Waals surface area contributed by atoms with Crippen LogP contribution in [0.25, 0.3) is 0 Å². The average molecular weight is 178 g/mol. The van der Waals surface area contributed by atoms with Gasteiger partial charge in [0.2, 0.25) is 0 Å². The first kappa shape index (κ1) is 10.6. The molecule has 0 spiro atoms. The summed E-state index contributed by atoms with van der Waals surface area (Å²) in [5, 5.41) is 23.5. The van der Waals surface area contributed by atoms with Gasteiger partial charge in [0.1, 0.15) is 0 Å². The molecule has 0 rings (SSSR count). The third kappa shape index (κ3) is 3.50. The van der Waals surface area contributed by atoms with Crippen molar-refractivity contribution >= 4 is 17.3 Å². The van der Waals surface area contributed by atoms with Crippen LogP contribution in [0.2, 0.25) is 0 Å². The first-order valence-electron chi connectivity index (χ1n) is 3.29. The molecule has 0 fully saturated rings. The van der Waals surface area contributed by atoms with Crippen molar-refractivity contribution in [3.05, 3.63) is 0 Å². The number of hydrogen-bond acceptors (Lipinski definition) is 3. The van der Waals surface area contributed by atoms with Crippen LogP contribution in [-0.4, -0.2) is 41.1 Å². The van der Waals surface area contributed by atoms with Gasteiger partial charge in [-0.2, -0.15) is 0 Å². The zero-order valence-electron chi connectivity index (χ0n) is 6.72. The molecule has 0 aliphatic rings. The molecule has 5 heteroatoms. The second-order valence-electron chi connectivity index (χ2n) is 2.58. The predicted molar refractivity (Wildman–Crippen MR) is 47.4 cm³/mol. The maximum Gasteiger partial charge on any atom is 0.166 e. The summed E-state index contributed by atoms with van der Waals surface area (Å²) in [7, 11) is 1.67. The molecule has 0 aromatic rings. The van der Waals surface area contributed by atoms with Gasteiger partial charge >= 0.3 is 0 Å². The molecule has 0 aliphatic heterocycles. The molecule has 0 radical (unpaired) electrons. The Morgan fingerprint density at radius 2 is 1.91 bits per heavy atom. The summed E-state index contributed by atoms with van der Waals surface area (Å²) in [5.41, 5.74) is -0.736. The van der Waals surface area contributed by atoms with Crippen molar-refractivity contribution in [3.63, 3.8) is 0 Å². The van der Waals surface area contributed by atoms with Crippen LogP contribution >= 0.6 is 12.2 Å². The van der Waals surface area contributed by atoms with Gasteiger partial charge in [0.25, 0.3) is 0 Å². The molecule has 0 bridgehead atoms. The van der Waals surface area contributed by atoms with E-state index in [9.17, 15) is 0 Å². The fraction of sp³-hybridized carbons (Fsp3) is 0.833. The smallest absolute Gasteiger partial charge is 0.166 e. The van der Waals surface area contributed by atoms with E-state index in [2.05, 4.69) is 10.6 Å². The van der Waals surface area contributed by atoms with Crippen LogP contribution in [0.5, 0.6) is 0 Å². The fourth-order valence-electron chi connectivity index (χ4n) is 0.466. The SMILES string of the molecule is CNC(=S)NC(C)(CO)CO. The highest BCUT2D eigenvalue weighted by molar-refractivity contribution is 7.80. The minimum Gasteiger partial charge on any atom is -0.394 e. The number of aliphatic hydroxyl groups excluding tert-OH is 2. The highest BCUT2D eigenvalue weighted by Crippen LogP contribution is 1.99. The van der Waals surface area contributed by atoms with E-state index < -0.39 is 5.54 Å². The minimum absolute atomic E-state index is 0.161. The van der Waals surface area contributed by atoms with Gasteiger partial charge in [-0.15, -0.1) is 0 Å². The first-order chi connectivity index (χ1) is 5.08. The molecule has 0 atom stereocenters. The van der Waals surface area contributed by atoms with Gasteiger partial charge in [-0.1, -0.05) is 0 Å². The Morgan fingerprint density at radius 1 is 1.45 bits per heavy atom. The lowest BCUT2D eigenvalue weighted by atomic mass is 10.1. The summed E-state index contributed by atoms with van der Waals surface area (Å²) in [5.74, 6) is 0. The Hall–Kier alpha value is -0.390. The van der Waals surface area contributed by atoms with Crippen molar-refractivity contribution in [1.29, 1.82) is 0 Å². The predicted octanol–water partition coefficient (Wildman–Crippen LogP) is -1.18. The molecule has 0 aromatic heterocycles. The van der Waals surface area contributed by atoms with Gasteiger partial charge in [0, 0.05) is 7.05 Å². The summed E-state index contributed by atoms with van der Waals surface area (Å²) < 4.78 is 0. The van der Waals surface area contributed by atoms with Crippen molar-refractivity contribution in [3.8, 4) is 0 Å². The largest absolute Gasteiger partial charge is 0.394 e. The van der Waals surface area contributed by atoms with E-state index in [1.807, 2.05) is 0 Å². The summed E-state index contributed by atoms with van der Waals surface area (Å²) in [6, 6.07) is 0. The van der Waals surface area contributed by atoms with E-state index in [1.165, 1.54) is 0 Å². The minimum atomic E-state index is -0.736. The van der Waals surface area contributed by atoms with Crippen LogP contribution in [0, 0.1) is 0 Å². The van der Waals surface area contributed by atoms with Gasteiger partial charge in [-0.05, 0) is 19.1 Å². The Balaban J connectivity index is 3.96. The molecular formula is C6H14N2O2S. The second kappa shape index (κ2) is 4.48. The van der Waals surface area contributed by atoms with E-state index in [-0.39, 0.29) is 13.2 Å². The van der Waals surface area contributed by atoms with Crippen molar-refractivity contribution in [2.75, 3.05) is 20.3 Å². The zero-order valence-corrected chi connectivity index (χ0v) is 7.53. The monoisotopic (exact) mass is 178 g/mol. The molecule has 4 nitrogen and oxygen atoms in total. The topological polar surface area (TPSA) is 64.5 Å². The molecular weight excluding hydrogens is 164 g/mol. The van der Waals surface area contributed by atoms with E-state index in [0.29, 0.717) is 5.11 Å². The van der Waals surface area contributed by atoms with Crippen LogP contribution < -0.4 is 10.6 Å². The van der Waals surface area contributed by atoms with Crippen molar-refractivity contribution in [1.82, 2.24) is 10.6 Å². The van der Waals surface area contributed by atoms with Crippen molar-refractivity contribution in [2.45, 2.75) is 12.5 Å². The van der Waals surface area contributed by atoms with Crippen LogP contribution in [0.15, 0.2) is 0 Å². The van der Waals surface area contributed by atoms with Crippen LogP contribution in [0.3, 0.4) is 0 Å². The Labute approximate surface area is 71.6 Å². The molecule has 11 heavy (non-hydrogen) atoms. The highest BCUT2D eigenvalue weighted by atomic mass is 32.1. The molecule has 0 saturated heterocycles. The Kier molecular flexibility index (Phi) is 4.32. The summed E-state index contributed by atoms with van der Waals surface area (Å²) in [6.45, 7) is 1.35. The highest BCUT2D eigenvalue weighted by Gasteiger charge is 2.22. The fourth-order valence-corrected chi connectivity index (χ4v) is 0.712. The quantitative estimate of drug-likeness (QED) is 0.410. The summed E-state index contributed by atoms with van der Waals surface area (Å²) >= 11 is 4.79. The molecule has 0 amide bonds. The number of thiocarbonyl (C=S) groups is 1.